The molecule has 0 unspecified atom stereocenters. The van der Waals surface area contributed by atoms with Gasteiger partial charge in [0.25, 0.3) is 0 Å². The maximum atomic E-state index is 12.3. The number of hydrogen-bond donors (Lipinski definition) is 0. The molecule has 7 heteroatoms. The molecule has 0 aliphatic rings. The highest BCUT2D eigenvalue weighted by atomic mass is 16.5. The zero-order chi connectivity index (χ0) is 25.6. The molecule has 2 heterocycles. The standard InChI is InChI=1S/C30H25NO6/c1-34-30(33)18-25-17-28(32)26-13-6-20(16-29(26)37-25)19-36-24-11-9-23(10-12-24)35-15-14-22-8-7-21-4-2-3-5-27(21)31-22/h2-13,16-17H,14-15,18-19H2,1H3. The van der Waals surface area contributed by atoms with Crippen molar-refractivity contribution in [3.63, 3.8) is 0 Å². The Morgan fingerprint density at radius 3 is 2.49 bits per heavy atom. The van der Waals surface area contributed by atoms with Gasteiger partial charge in [0.2, 0.25) is 0 Å². The zero-order valence-corrected chi connectivity index (χ0v) is 20.3. The number of nitrogens with zero attached hydrogens (tertiary/aromatic N) is 1. The Hall–Kier alpha value is -4.65. The summed E-state index contributed by atoms with van der Waals surface area (Å²) in [6.45, 7) is 0.806. The molecule has 7 nitrogen and oxygen atoms in total. The maximum Gasteiger partial charge on any atom is 0.313 e. The third kappa shape index (κ3) is 5.95. The summed E-state index contributed by atoms with van der Waals surface area (Å²) >= 11 is 0. The van der Waals surface area contributed by atoms with E-state index < -0.39 is 5.97 Å². The van der Waals surface area contributed by atoms with Crippen LogP contribution in [0.2, 0.25) is 0 Å². The lowest BCUT2D eigenvalue weighted by Gasteiger charge is -2.10. The van der Waals surface area contributed by atoms with E-state index in [0.717, 1.165) is 27.9 Å². The summed E-state index contributed by atoms with van der Waals surface area (Å²) in [7, 11) is 1.29. The van der Waals surface area contributed by atoms with E-state index in [9.17, 15) is 9.59 Å². The van der Waals surface area contributed by atoms with Crippen LogP contribution in [0.15, 0.2) is 94.1 Å². The number of pyridine rings is 1. The van der Waals surface area contributed by atoms with Gasteiger partial charge in [-0.05, 0) is 54.1 Å². The summed E-state index contributed by atoms with van der Waals surface area (Å²) in [4.78, 5) is 28.5. The Morgan fingerprint density at radius 2 is 1.68 bits per heavy atom. The van der Waals surface area contributed by atoms with Crippen molar-refractivity contribution in [2.24, 2.45) is 0 Å². The predicted molar refractivity (Wildman–Crippen MR) is 140 cm³/mol. The van der Waals surface area contributed by atoms with Crippen molar-refractivity contribution in [1.82, 2.24) is 4.98 Å². The van der Waals surface area contributed by atoms with Crippen molar-refractivity contribution < 1.29 is 23.4 Å². The van der Waals surface area contributed by atoms with E-state index in [1.54, 1.807) is 12.1 Å². The smallest absolute Gasteiger partial charge is 0.313 e. The van der Waals surface area contributed by atoms with Crippen LogP contribution in [0.3, 0.4) is 0 Å². The third-order valence-corrected chi connectivity index (χ3v) is 5.90. The van der Waals surface area contributed by atoms with E-state index >= 15 is 0 Å². The van der Waals surface area contributed by atoms with E-state index in [1.807, 2.05) is 60.7 Å². The SMILES string of the molecule is COC(=O)Cc1cc(=O)c2ccc(COc3ccc(OCCc4ccc5ccccc5n4)cc3)cc2o1. The maximum absolute atomic E-state index is 12.3. The molecular weight excluding hydrogens is 470 g/mol. The number of methoxy groups -OCH3 is 1. The minimum atomic E-state index is -0.472. The average Bonchev–Trinajstić information content (AvgIpc) is 2.92. The quantitative estimate of drug-likeness (QED) is 0.258. The highest BCUT2D eigenvalue weighted by molar-refractivity contribution is 5.79. The molecule has 0 bridgehead atoms. The third-order valence-electron chi connectivity index (χ3n) is 5.90. The molecular formula is C30H25NO6. The second-order valence-corrected chi connectivity index (χ2v) is 8.51. The van der Waals surface area contributed by atoms with Crippen LogP contribution < -0.4 is 14.9 Å². The zero-order valence-electron chi connectivity index (χ0n) is 20.3. The van der Waals surface area contributed by atoms with Gasteiger partial charge in [-0.25, -0.2) is 0 Å². The molecule has 0 fully saturated rings. The van der Waals surface area contributed by atoms with Crippen LogP contribution in [0.25, 0.3) is 21.9 Å². The van der Waals surface area contributed by atoms with Gasteiger partial charge < -0.3 is 18.6 Å². The molecule has 2 aromatic heterocycles. The van der Waals surface area contributed by atoms with E-state index in [2.05, 4.69) is 15.8 Å². The molecule has 5 rings (SSSR count). The monoisotopic (exact) mass is 495 g/mol. The number of benzene rings is 3. The summed E-state index contributed by atoms with van der Waals surface area (Å²) in [5, 5.41) is 1.57. The number of fused-ring (bicyclic) bond motifs is 2. The van der Waals surface area contributed by atoms with Gasteiger partial charge in [-0.3, -0.25) is 14.6 Å². The van der Waals surface area contributed by atoms with Gasteiger partial charge in [-0.1, -0.05) is 30.3 Å². The molecule has 5 aromatic rings. The fraction of sp³-hybridized carbons (Fsp3) is 0.167. The lowest BCUT2D eigenvalue weighted by Crippen LogP contribution is -2.09. The summed E-state index contributed by atoms with van der Waals surface area (Å²) in [5.74, 6) is 1.22. The van der Waals surface area contributed by atoms with Crippen molar-refractivity contribution in [1.29, 1.82) is 0 Å². The van der Waals surface area contributed by atoms with Crippen LogP contribution in [0.5, 0.6) is 11.5 Å². The van der Waals surface area contributed by atoms with Gasteiger partial charge in [-0.15, -0.1) is 0 Å². The van der Waals surface area contributed by atoms with Crippen LogP contribution in [-0.2, 0) is 29.0 Å². The molecule has 0 saturated heterocycles. The number of aromatic nitrogens is 1. The molecule has 0 spiro atoms. The number of esters is 1. The summed E-state index contributed by atoms with van der Waals surface area (Å²) in [6.07, 6.45) is 0.609. The number of para-hydroxylation sites is 1. The number of ether oxygens (including phenoxy) is 3. The first-order chi connectivity index (χ1) is 18.1. The van der Waals surface area contributed by atoms with Gasteiger partial charge >= 0.3 is 5.97 Å². The number of rotatable bonds is 9. The van der Waals surface area contributed by atoms with Crippen LogP contribution in [0, 0.1) is 0 Å². The highest BCUT2D eigenvalue weighted by Crippen LogP contribution is 2.21. The second-order valence-electron chi connectivity index (χ2n) is 8.51. The largest absolute Gasteiger partial charge is 0.493 e. The Balaban J connectivity index is 1.16. The summed E-state index contributed by atoms with van der Waals surface area (Å²) in [5.41, 5.74) is 2.99. The molecule has 0 aliphatic carbocycles. The molecule has 0 saturated carbocycles. The predicted octanol–water partition coefficient (Wildman–Crippen LogP) is 5.26. The van der Waals surface area contributed by atoms with Gasteiger partial charge in [0.1, 0.15) is 35.9 Å². The van der Waals surface area contributed by atoms with Gasteiger partial charge in [0.15, 0.2) is 5.43 Å². The first kappa shape index (κ1) is 24.1. The van der Waals surface area contributed by atoms with Crippen molar-refractivity contribution in [2.45, 2.75) is 19.4 Å². The number of carbonyl (C=O) groups excluding carboxylic acids is 1. The van der Waals surface area contributed by atoms with Crippen LogP contribution in [0.4, 0.5) is 0 Å². The van der Waals surface area contributed by atoms with Crippen LogP contribution in [-0.4, -0.2) is 24.7 Å². The molecule has 0 N–H and O–H groups in total. The topological polar surface area (TPSA) is 87.9 Å². The Labute approximate surface area is 213 Å². The van der Waals surface area contributed by atoms with Gasteiger partial charge in [0, 0.05) is 23.6 Å². The number of carbonyl (C=O) groups is 1. The van der Waals surface area contributed by atoms with Crippen molar-refractivity contribution >= 4 is 27.8 Å². The first-order valence-electron chi connectivity index (χ1n) is 11.9. The Bertz CT molecular complexity index is 1610. The first-order valence-corrected chi connectivity index (χ1v) is 11.9. The fourth-order valence-corrected chi connectivity index (χ4v) is 3.96. The van der Waals surface area contributed by atoms with Crippen molar-refractivity contribution in [2.75, 3.05) is 13.7 Å². The molecule has 186 valence electrons. The number of hydrogen-bond acceptors (Lipinski definition) is 7. The minimum absolute atomic E-state index is 0.102. The second kappa shape index (κ2) is 11.0. The normalized spacial score (nSPS) is 10.9. The highest BCUT2D eigenvalue weighted by Gasteiger charge is 2.10. The minimum Gasteiger partial charge on any atom is -0.493 e. The summed E-state index contributed by atoms with van der Waals surface area (Å²) < 4.78 is 22.2. The molecule has 3 aromatic carbocycles. The molecule has 0 radical (unpaired) electrons. The molecule has 37 heavy (non-hydrogen) atoms. The van der Waals surface area contributed by atoms with E-state index in [4.69, 9.17) is 13.9 Å². The van der Waals surface area contributed by atoms with Gasteiger partial charge in [-0.2, -0.15) is 0 Å². The fourth-order valence-electron chi connectivity index (χ4n) is 3.96. The molecule has 0 amide bonds. The summed E-state index contributed by atoms with van der Waals surface area (Å²) in [6, 6.07) is 26.2. The lowest BCUT2D eigenvalue weighted by molar-refractivity contribution is -0.140. The molecule has 0 atom stereocenters. The van der Waals surface area contributed by atoms with Crippen molar-refractivity contribution in [3.8, 4) is 11.5 Å². The van der Waals surface area contributed by atoms with E-state index in [0.29, 0.717) is 29.7 Å². The Morgan fingerprint density at radius 1 is 0.892 bits per heavy atom. The van der Waals surface area contributed by atoms with E-state index in [1.165, 1.54) is 13.2 Å². The molecule has 0 aliphatic heterocycles. The van der Waals surface area contributed by atoms with E-state index in [-0.39, 0.29) is 24.2 Å². The lowest BCUT2D eigenvalue weighted by atomic mass is 10.1. The van der Waals surface area contributed by atoms with Crippen molar-refractivity contribution in [3.05, 3.63) is 112 Å². The average molecular weight is 496 g/mol. The van der Waals surface area contributed by atoms with Gasteiger partial charge in [0.05, 0.1) is 24.6 Å². The van der Waals surface area contributed by atoms with Crippen LogP contribution in [0.1, 0.15) is 17.0 Å². The Kier molecular flexibility index (Phi) is 7.12. The van der Waals surface area contributed by atoms with Crippen LogP contribution >= 0.6 is 0 Å².